The molecule has 4 nitrogen and oxygen atoms in total. The number of rotatable bonds is 3. The monoisotopic (exact) mass is 348 g/mol. The molecule has 0 spiro atoms. The van der Waals surface area contributed by atoms with Crippen molar-refractivity contribution in [2.75, 3.05) is 32.1 Å². The van der Waals surface area contributed by atoms with Crippen molar-refractivity contribution in [1.29, 1.82) is 0 Å². The number of anilines is 1. The molecule has 0 unspecified atom stereocenters. The molecule has 1 aliphatic rings. The number of hydrogen-bond acceptors (Lipinski definition) is 3. The molecule has 0 saturated carbocycles. The van der Waals surface area contributed by atoms with E-state index in [1.807, 2.05) is 17.1 Å². The van der Waals surface area contributed by atoms with Gasteiger partial charge in [-0.1, -0.05) is 0 Å². The van der Waals surface area contributed by atoms with E-state index in [-0.39, 0.29) is 0 Å². The predicted octanol–water partition coefficient (Wildman–Crippen LogP) is 3.17. The maximum absolute atomic E-state index is 4.20. The van der Waals surface area contributed by atoms with E-state index in [4.69, 9.17) is 0 Å². The summed E-state index contributed by atoms with van der Waals surface area (Å²) in [6, 6.07) is 9.34. The minimum Gasteiger partial charge on any atom is -0.372 e. The first-order valence-corrected chi connectivity index (χ1v) is 8.14. The second kappa shape index (κ2) is 6.20. The SMILES string of the molecule is CN1CCC(N(C)c2ccc(-n3cnc(Br)c3)cc2)CC1. The van der Waals surface area contributed by atoms with E-state index in [0.717, 1.165) is 10.3 Å². The molecule has 1 aromatic carbocycles. The van der Waals surface area contributed by atoms with Crippen molar-refractivity contribution in [3.05, 3.63) is 41.4 Å². The van der Waals surface area contributed by atoms with Crippen LogP contribution in [0.25, 0.3) is 5.69 Å². The summed E-state index contributed by atoms with van der Waals surface area (Å²) in [7, 11) is 4.41. The van der Waals surface area contributed by atoms with Gasteiger partial charge in [-0.3, -0.25) is 0 Å². The average molecular weight is 349 g/mol. The maximum atomic E-state index is 4.20. The number of halogens is 1. The zero-order valence-electron chi connectivity index (χ0n) is 12.5. The van der Waals surface area contributed by atoms with E-state index >= 15 is 0 Å². The van der Waals surface area contributed by atoms with Crippen molar-refractivity contribution in [3.8, 4) is 5.69 Å². The van der Waals surface area contributed by atoms with Crippen molar-refractivity contribution in [3.63, 3.8) is 0 Å². The molecule has 1 aliphatic heterocycles. The Morgan fingerprint density at radius 1 is 1.19 bits per heavy atom. The Balaban J connectivity index is 1.71. The summed E-state index contributed by atoms with van der Waals surface area (Å²) >= 11 is 3.38. The zero-order chi connectivity index (χ0) is 14.8. The van der Waals surface area contributed by atoms with Crippen LogP contribution in [0.15, 0.2) is 41.4 Å². The molecule has 0 N–H and O–H groups in total. The summed E-state index contributed by atoms with van der Waals surface area (Å²) in [6.45, 7) is 2.38. The average Bonchev–Trinajstić information content (AvgIpc) is 2.94. The van der Waals surface area contributed by atoms with Gasteiger partial charge in [-0.25, -0.2) is 4.98 Å². The van der Waals surface area contributed by atoms with Gasteiger partial charge < -0.3 is 14.4 Å². The maximum Gasteiger partial charge on any atom is 0.124 e. The van der Waals surface area contributed by atoms with Crippen LogP contribution >= 0.6 is 15.9 Å². The summed E-state index contributed by atoms with van der Waals surface area (Å²) < 4.78 is 2.87. The summed E-state index contributed by atoms with van der Waals surface area (Å²) in [4.78, 5) is 9.02. The Labute approximate surface area is 134 Å². The van der Waals surface area contributed by atoms with Gasteiger partial charge in [-0.05, 0) is 73.2 Å². The van der Waals surface area contributed by atoms with Crippen LogP contribution < -0.4 is 4.90 Å². The first kappa shape index (κ1) is 14.6. The van der Waals surface area contributed by atoms with Gasteiger partial charge >= 0.3 is 0 Å². The molecule has 21 heavy (non-hydrogen) atoms. The van der Waals surface area contributed by atoms with Crippen molar-refractivity contribution in [1.82, 2.24) is 14.5 Å². The number of piperidine rings is 1. The number of benzene rings is 1. The molecular weight excluding hydrogens is 328 g/mol. The van der Waals surface area contributed by atoms with Gasteiger partial charge in [0.1, 0.15) is 10.9 Å². The largest absolute Gasteiger partial charge is 0.372 e. The molecule has 1 aromatic heterocycles. The highest BCUT2D eigenvalue weighted by molar-refractivity contribution is 9.10. The lowest BCUT2D eigenvalue weighted by molar-refractivity contribution is 0.253. The Morgan fingerprint density at radius 3 is 2.43 bits per heavy atom. The van der Waals surface area contributed by atoms with E-state index in [1.165, 1.54) is 31.6 Å². The van der Waals surface area contributed by atoms with Crippen LogP contribution in [0.1, 0.15) is 12.8 Å². The van der Waals surface area contributed by atoms with Gasteiger partial charge in [-0.15, -0.1) is 0 Å². The Bertz CT molecular complexity index is 585. The number of aromatic nitrogens is 2. The first-order chi connectivity index (χ1) is 10.1. The summed E-state index contributed by atoms with van der Waals surface area (Å²) in [5.74, 6) is 0. The molecule has 1 fully saturated rings. The van der Waals surface area contributed by atoms with Crippen molar-refractivity contribution >= 4 is 21.6 Å². The lowest BCUT2D eigenvalue weighted by Gasteiger charge is -2.36. The van der Waals surface area contributed by atoms with Crippen molar-refractivity contribution in [2.24, 2.45) is 0 Å². The molecule has 2 heterocycles. The minimum atomic E-state index is 0.648. The van der Waals surface area contributed by atoms with Gasteiger partial charge in [0.15, 0.2) is 0 Å². The number of imidazole rings is 1. The van der Waals surface area contributed by atoms with Gasteiger partial charge in [0, 0.05) is 30.7 Å². The van der Waals surface area contributed by atoms with Crippen LogP contribution in [0.5, 0.6) is 0 Å². The Hall–Kier alpha value is -1.33. The van der Waals surface area contributed by atoms with Crippen molar-refractivity contribution < 1.29 is 0 Å². The van der Waals surface area contributed by atoms with Crippen LogP contribution in [0, 0.1) is 0 Å². The fourth-order valence-corrected chi connectivity index (χ4v) is 3.21. The summed E-state index contributed by atoms with van der Waals surface area (Å²) in [5.41, 5.74) is 2.42. The lowest BCUT2D eigenvalue weighted by atomic mass is 10.0. The topological polar surface area (TPSA) is 24.3 Å². The van der Waals surface area contributed by atoms with Crippen LogP contribution in [-0.4, -0.2) is 47.7 Å². The fourth-order valence-electron chi connectivity index (χ4n) is 2.89. The van der Waals surface area contributed by atoms with Gasteiger partial charge in [-0.2, -0.15) is 0 Å². The smallest absolute Gasteiger partial charge is 0.124 e. The zero-order valence-corrected chi connectivity index (χ0v) is 14.1. The van der Waals surface area contributed by atoms with E-state index < -0.39 is 0 Å². The first-order valence-electron chi connectivity index (χ1n) is 7.35. The van der Waals surface area contributed by atoms with E-state index in [2.05, 4.69) is 69.1 Å². The highest BCUT2D eigenvalue weighted by atomic mass is 79.9. The van der Waals surface area contributed by atoms with E-state index in [0.29, 0.717) is 6.04 Å². The quantitative estimate of drug-likeness (QED) is 0.851. The highest BCUT2D eigenvalue weighted by Crippen LogP contribution is 2.23. The highest BCUT2D eigenvalue weighted by Gasteiger charge is 2.20. The minimum absolute atomic E-state index is 0.648. The second-order valence-corrected chi connectivity index (χ2v) is 6.58. The number of nitrogens with zero attached hydrogens (tertiary/aromatic N) is 4. The standard InChI is InChI=1S/C16H21BrN4/c1-19-9-7-14(8-10-19)20(2)13-3-5-15(6-4-13)21-11-16(17)18-12-21/h3-6,11-12,14H,7-10H2,1-2H3. The van der Waals surface area contributed by atoms with Crippen LogP contribution in [0.2, 0.25) is 0 Å². The van der Waals surface area contributed by atoms with Gasteiger partial charge in [0.05, 0.1) is 0 Å². The van der Waals surface area contributed by atoms with E-state index in [1.54, 1.807) is 0 Å². The molecule has 112 valence electrons. The molecule has 5 heteroatoms. The van der Waals surface area contributed by atoms with Crippen LogP contribution in [0.3, 0.4) is 0 Å². The Kier molecular flexibility index (Phi) is 4.31. The van der Waals surface area contributed by atoms with Crippen molar-refractivity contribution in [2.45, 2.75) is 18.9 Å². The molecule has 1 saturated heterocycles. The molecule has 3 rings (SSSR count). The van der Waals surface area contributed by atoms with Gasteiger partial charge in [0.2, 0.25) is 0 Å². The summed E-state index contributed by atoms with van der Waals surface area (Å²) in [5, 5.41) is 0. The molecular formula is C16H21BrN4. The van der Waals surface area contributed by atoms with Crippen LogP contribution in [-0.2, 0) is 0 Å². The number of hydrogen-bond donors (Lipinski definition) is 0. The lowest BCUT2D eigenvalue weighted by Crippen LogP contribution is -2.41. The van der Waals surface area contributed by atoms with E-state index in [9.17, 15) is 0 Å². The predicted molar refractivity (Wildman–Crippen MR) is 90.2 cm³/mol. The third-order valence-corrected chi connectivity index (χ3v) is 4.75. The third-order valence-electron chi connectivity index (χ3n) is 4.34. The second-order valence-electron chi connectivity index (χ2n) is 5.77. The molecule has 0 aliphatic carbocycles. The number of likely N-dealkylation sites (tertiary alicyclic amines) is 1. The van der Waals surface area contributed by atoms with Gasteiger partial charge in [0.25, 0.3) is 0 Å². The molecule has 0 atom stereocenters. The molecule has 0 radical (unpaired) electrons. The molecule has 0 bridgehead atoms. The fraction of sp³-hybridized carbons (Fsp3) is 0.438. The van der Waals surface area contributed by atoms with Crippen LogP contribution in [0.4, 0.5) is 5.69 Å². The Morgan fingerprint density at radius 2 is 1.86 bits per heavy atom. The molecule has 2 aromatic rings. The third kappa shape index (κ3) is 3.30. The summed E-state index contributed by atoms with van der Waals surface area (Å²) in [6.07, 6.45) is 6.27. The normalized spacial score (nSPS) is 17.1. The molecule has 0 amide bonds.